The smallest absolute Gasteiger partial charge is 0.488 e. The highest BCUT2D eigenvalue weighted by molar-refractivity contribution is 8.00. The van der Waals surface area contributed by atoms with Crippen LogP contribution in [0, 0.1) is 0 Å². The van der Waals surface area contributed by atoms with Crippen molar-refractivity contribution >= 4 is 34.2 Å². The summed E-state index contributed by atoms with van der Waals surface area (Å²) in [6.45, 7) is 0.444. The molecule has 1 rings (SSSR count). The van der Waals surface area contributed by atoms with Gasteiger partial charge in [-0.05, 0) is 17.6 Å². The molecule has 0 saturated carbocycles. The summed E-state index contributed by atoms with van der Waals surface area (Å²) < 4.78 is 27.2. The van der Waals surface area contributed by atoms with Gasteiger partial charge in [-0.3, -0.25) is 0 Å². The second kappa shape index (κ2) is 7.79. The Hall–Kier alpha value is -0.695. The molecule has 5 nitrogen and oxygen atoms in total. The number of hydrogen-bond acceptors (Lipinski definition) is 6. The molecule has 1 aromatic rings. The van der Waals surface area contributed by atoms with Crippen LogP contribution in [0.4, 0.5) is 0 Å². The number of rotatable bonds is 8. The Morgan fingerprint density at radius 3 is 2.68 bits per heavy atom. The molecule has 0 heterocycles. The van der Waals surface area contributed by atoms with Crippen LogP contribution >= 0.6 is 11.8 Å². The fourth-order valence-corrected chi connectivity index (χ4v) is 3.38. The second-order valence-electron chi connectivity index (χ2n) is 4.04. The fourth-order valence-electron chi connectivity index (χ4n) is 1.30. The normalized spacial score (nSPS) is 11.3. The predicted molar refractivity (Wildman–Crippen MR) is 78.8 cm³/mol. The highest BCUT2D eigenvalue weighted by atomic mass is 32.2. The molecule has 0 spiro atoms. The summed E-state index contributed by atoms with van der Waals surface area (Å²) in [5, 5.41) is 18.0. The van der Waals surface area contributed by atoms with Gasteiger partial charge >= 0.3 is 7.12 Å². The van der Waals surface area contributed by atoms with E-state index in [1.54, 1.807) is 24.3 Å². The van der Waals surface area contributed by atoms with Crippen LogP contribution in [0.25, 0.3) is 0 Å². The zero-order valence-corrected chi connectivity index (χ0v) is 12.3. The highest BCUT2D eigenvalue weighted by Crippen LogP contribution is 2.09. The van der Waals surface area contributed by atoms with E-state index in [1.807, 2.05) is 0 Å². The predicted octanol–water partition coefficient (Wildman–Crippen LogP) is -0.477. The molecule has 2 N–H and O–H groups in total. The molecule has 0 amide bonds. The van der Waals surface area contributed by atoms with E-state index >= 15 is 0 Å². The van der Waals surface area contributed by atoms with Crippen molar-refractivity contribution in [1.29, 1.82) is 0 Å². The summed E-state index contributed by atoms with van der Waals surface area (Å²) >= 11 is 1.51. The fraction of sp³-hybridized carbons (Fsp3) is 0.455. The summed E-state index contributed by atoms with van der Waals surface area (Å²) in [6, 6.07) is 6.57. The molecule has 0 aromatic heterocycles. The summed E-state index contributed by atoms with van der Waals surface area (Å²) in [5.74, 6) is 1.97. The third kappa shape index (κ3) is 7.46. The summed E-state index contributed by atoms with van der Waals surface area (Å²) in [7, 11) is -4.40. The SMILES string of the molecule is CS(=O)(=O)CCSCCOc1cccc(B(O)O)c1. The van der Waals surface area contributed by atoms with Crippen LogP contribution in [0.3, 0.4) is 0 Å². The van der Waals surface area contributed by atoms with Crippen LogP contribution in [0.5, 0.6) is 5.75 Å². The quantitative estimate of drug-likeness (QED) is 0.499. The van der Waals surface area contributed by atoms with Crippen molar-refractivity contribution in [3.05, 3.63) is 24.3 Å². The maximum Gasteiger partial charge on any atom is 0.488 e. The van der Waals surface area contributed by atoms with Gasteiger partial charge in [-0.1, -0.05) is 12.1 Å². The van der Waals surface area contributed by atoms with Gasteiger partial charge in [-0.2, -0.15) is 11.8 Å². The van der Waals surface area contributed by atoms with E-state index < -0.39 is 17.0 Å². The van der Waals surface area contributed by atoms with Crippen molar-refractivity contribution < 1.29 is 23.2 Å². The molecule has 0 radical (unpaired) electrons. The van der Waals surface area contributed by atoms with Gasteiger partial charge in [-0.15, -0.1) is 0 Å². The van der Waals surface area contributed by atoms with Gasteiger partial charge in [-0.25, -0.2) is 8.42 Å². The number of sulfone groups is 1. The Bertz CT molecular complexity index is 490. The number of thioether (sulfide) groups is 1. The zero-order chi connectivity index (χ0) is 14.3. The van der Waals surface area contributed by atoms with E-state index in [0.29, 0.717) is 29.3 Å². The average Bonchev–Trinajstić information content (AvgIpc) is 2.32. The Balaban J connectivity index is 2.24. The third-order valence-corrected chi connectivity index (χ3v) is 4.40. The van der Waals surface area contributed by atoms with Gasteiger partial charge in [0.25, 0.3) is 0 Å². The van der Waals surface area contributed by atoms with E-state index in [2.05, 4.69) is 0 Å². The van der Waals surface area contributed by atoms with Gasteiger partial charge in [0.05, 0.1) is 12.4 Å². The zero-order valence-electron chi connectivity index (χ0n) is 10.7. The highest BCUT2D eigenvalue weighted by Gasteiger charge is 2.10. The lowest BCUT2D eigenvalue weighted by Crippen LogP contribution is -2.29. The van der Waals surface area contributed by atoms with Gasteiger partial charge in [0.15, 0.2) is 0 Å². The second-order valence-corrected chi connectivity index (χ2v) is 7.52. The summed E-state index contributed by atoms with van der Waals surface area (Å²) in [5.41, 5.74) is 0.377. The third-order valence-electron chi connectivity index (χ3n) is 2.25. The molecule has 0 aliphatic rings. The van der Waals surface area contributed by atoms with Crippen LogP contribution in [-0.2, 0) is 9.84 Å². The Morgan fingerprint density at radius 1 is 1.32 bits per heavy atom. The Kier molecular flexibility index (Phi) is 6.71. The number of ether oxygens (including phenoxy) is 1. The molecule has 0 fully saturated rings. The molecule has 0 aliphatic carbocycles. The van der Waals surface area contributed by atoms with Crippen molar-refractivity contribution in [3.63, 3.8) is 0 Å². The molecular formula is C11H17BO5S2. The lowest BCUT2D eigenvalue weighted by atomic mass is 9.80. The number of benzene rings is 1. The first-order chi connectivity index (χ1) is 8.88. The van der Waals surface area contributed by atoms with E-state index in [9.17, 15) is 8.42 Å². The van der Waals surface area contributed by atoms with Crippen LogP contribution in [0.15, 0.2) is 24.3 Å². The maximum atomic E-state index is 10.9. The Labute approximate surface area is 118 Å². The van der Waals surface area contributed by atoms with Crippen molar-refractivity contribution in [3.8, 4) is 5.75 Å². The van der Waals surface area contributed by atoms with Crippen molar-refractivity contribution in [1.82, 2.24) is 0 Å². The largest absolute Gasteiger partial charge is 0.493 e. The van der Waals surface area contributed by atoms with Crippen molar-refractivity contribution in [2.75, 3.05) is 30.1 Å². The lowest BCUT2D eigenvalue weighted by Gasteiger charge is -2.07. The summed E-state index contributed by atoms with van der Waals surface area (Å²) in [6.07, 6.45) is 1.22. The van der Waals surface area contributed by atoms with Crippen LogP contribution in [0.1, 0.15) is 0 Å². The molecule has 0 saturated heterocycles. The Morgan fingerprint density at radius 2 is 2.05 bits per heavy atom. The molecular weight excluding hydrogens is 287 g/mol. The van der Waals surface area contributed by atoms with E-state index in [0.717, 1.165) is 0 Å². The molecule has 0 aliphatic heterocycles. The molecule has 0 atom stereocenters. The van der Waals surface area contributed by atoms with E-state index in [1.165, 1.54) is 18.0 Å². The molecule has 8 heteroatoms. The number of hydrogen-bond donors (Lipinski definition) is 2. The average molecular weight is 304 g/mol. The molecule has 19 heavy (non-hydrogen) atoms. The maximum absolute atomic E-state index is 10.9. The van der Waals surface area contributed by atoms with Gasteiger partial charge in [0.2, 0.25) is 0 Å². The van der Waals surface area contributed by atoms with Gasteiger partial charge in [0.1, 0.15) is 15.6 Å². The minimum Gasteiger partial charge on any atom is -0.493 e. The topological polar surface area (TPSA) is 83.8 Å². The van der Waals surface area contributed by atoms with E-state index in [4.69, 9.17) is 14.8 Å². The van der Waals surface area contributed by atoms with Crippen LogP contribution < -0.4 is 10.2 Å². The monoisotopic (exact) mass is 304 g/mol. The molecule has 0 bridgehead atoms. The standard InChI is InChI=1S/C11H17BO5S2/c1-19(15,16)8-7-18-6-5-17-11-4-2-3-10(9-11)12(13)14/h2-4,9,13-14H,5-8H2,1H3. The van der Waals surface area contributed by atoms with Gasteiger partial charge < -0.3 is 14.8 Å². The molecule has 1 aromatic carbocycles. The first-order valence-electron chi connectivity index (χ1n) is 5.73. The first-order valence-corrected chi connectivity index (χ1v) is 8.94. The molecule has 0 unspecified atom stereocenters. The minimum atomic E-state index is -2.90. The first kappa shape index (κ1) is 16.4. The van der Waals surface area contributed by atoms with Crippen molar-refractivity contribution in [2.45, 2.75) is 0 Å². The lowest BCUT2D eigenvalue weighted by molar-refractivity contribution is 0.344. The van der Waals surface area contributed by atoms with Gasteiger partial charge in [0, 0.05) is 17.8 Å². The van der Waals surface area contributed by atoms with Crippen LogP contribution in [0.2, 0.25) is 0 Å². The summed E-state index contributed by atoms with van der Waals surface area (Å²) in [4.78, 5) is 0. The van der Waals surface area contributed by atoms with Crippen LogP contribution in [-0.4, -0.2) is 55.7 Å². The van der Waals surface area contributed by atoms with E-state index in [-0.39, 0.29) is 5.75 Å². The minimum absolute atomic E-state index is 0.170. The van der Waals surface area contributed by atoms with Crippen molar-refractivity contribution in [2.24, 2.45) is 0 Å². The molecule has 106 valence electrons.